The average molecular weight is 273 g/mol. The van der Waals surface area contributed by atoms with Gasteiger partial charge in [0.25, 0.3) is 5.91 Å². The number of rotatable bonds is 4. The number of aliphatic hydroxyl groups is 1. The van der Waals surface area contributed by atoms with Crippen LogP contribution in [0.3, 0.4) is 0 Å². The average Bonchev–Trinajstić information content (AvgIpc) is 2.35. The molecule has 0 aromatic heterocycles. The van der Waals surface area contributed by atoms with Crippen molar-refractivity contribution in [3.63, 3.8) is 0 Å². The van der Waals surface area contributed by atoms with Gasteiger partial charge in [-0.15, -0.1) is 0 Å². The molecule has 20 heavy (non-hydrogen) atoms. The summed E-state index contributed by atoms with van der Waals surface area (Å²) >= 11 is 0. The van der Waals surface area contributed by atoms with Crippen LogP contribution < -0.4 is 5.32 Å². The lowest BCUT2D eigenvalue weighted by atomic mass is 9.97. The zero-order chi connectivity index (χ0) is 15.2. The topological polar surface area (TPSA) is 49.3 Å². The van der Waals surface area contributed by atoms with Crippen molar-refractivity contribution in [3.8, 4) is 11.8 Å². The Morgan fingerprint density at radius 2 is 2.05 bits per heavy atom. The molecule has 1 aromatic carbocycles. The van der Waals surface area contributed by atoms with Crippen molar-refractivity contribution in [2.75, 3.05) is 6.61 Å². The van der Waals surface area contributed by atoms with Crippen LogP contribution in [-0.4, -0.2) is 23.2 Å². The third-order valence-electron chi connectivity index (χ3n) is 2.98. The Kier molecular flexibility index (Phi) is 5.79. The number of aryl methyl sites for hydroxylation is 1. The van der Waals surface area contributed by atoms with E-state index < -0.39 is 0 Å². The molecule has 0 aliphatic carbocycles. The monoisotopic (exact) mass is 273 g/mol. The maximum Gasteiger partial charge on any atom is 0.251 e. The van der Waals surface area contributed by atoms with E-state index in [1.165, 1.54) is 0 Å². The summed E-state index contributed by atoms with van der Waals surface area (Å²) < 4.78 is 0. The number of hydrogen-bond donors (Lipinski definition) is 2. The van der Waals surface area contributed by atoms with Crippen LogP contribution in [0.15, 0.2) is 18.2 Å². The fourth-order valence-electron chi connectivity index (χ4n) is 2.19. The number of aliphatic hydroxyl groups excluding tert-OH is 1. The summed E-state index contributed by atoms with van der Waals surface area (Å²) in [6, 6.07) is 5.51. The van der Waals surface area contributed by atoms with Crippen molar-refractivity contribution >= 4 is 5.91 Å². The maximum atomic E-state index is 12.3. The van der Waals surface area contributed by atoms with Gasteiger partial charge in [0.05, 0.1) is 0 Å². The first-order valence-corrected chi connectivity index (χ1v) is 6.92. The number of benzene rings is 1. The molecule has 0 radical (unpaired) electrons. The second kappa shape index (κ2) is 7.12. The van der Waals surface area contributed by atoms with Crippen LogP contribution in [0.1, 0.15) is 55.1 Å². The van der Waals surface area contributed by atoms with Crippen molar-refractivity contribution in [3.05, 3.63) is 34.9 Å². The lowest BCUT2D eigenvalue weighted by Crippen LogP contribution is -2.43. The molecule has 0 fully saturated rings. The molecule has 0 atom stereocenters. The van der Waals surface area contributed by atoms with E-state index in [9.17, 15) is 4.79 Å². The molecule has 0 unspecified atom stereocenters. The molecule has 0 aliphatic heterocycles. The predicted octanol–water partition coefficient (Wildman–Crippen LogP) is 2.65. The molecule has 3 heteroatoms. The highest BCUT2D eigenvalue weighted by atomic mass is 16.2. The normalized spacial score (nSPS) is 10.7. The van der Waals surface area contributed by atoms with Gasteiger partial charge in [-0.2, -0.15) is 0 Å². The van der Waals surface area contributed by atoms with Crippen LogP contribution in [0.25, 0.3) is 0 Å². The number of hydrogen-bond acceptors (Lipinski definition) is 2. The van der Waals surface area contributed by atoms with Crippen molar-refractivity contribution in [2.45, 2.75) is 46.1 Å². The molecule has 1 aromatic rings. The Balaban J connectivity index is 2.96. The van der Waals surface area contributed by atoms with Gasteiger partial charge < -0.3 is 10.4 Å². The number of nitrogens with one attached hydrogen (secondary N) is 1. The standard InChI is InChI=1S/C17H23NO2/c1-5-8-17(3,4)18-16(20)15-11-13(2)10-14(12-15)7-6-9-19/h10-12,19H,5,8-9H2,1-4H3,(H,18,20). The Bertz CT molecular complexity index is 536. The quantitative estimate of drug-likeness (QED) is 0.829. The molecule has 2 N–H and O–H groups in total. The van der Waals surface area contributed by atoms with Gasteiger partial charge in [-0.05, 0) is 51.0 Å². The molecular formula is C17H23NO2. The van der Waals surface area contributed by atoms with Gasteiger partial charge in [-0.3, -0.25) is 4.79 Å². The Morgan fingerprint density at radius 1 is 1.35 bits per heavy atom. The maximum absolute atomic E-state index is 12.3. The summed E-state index contributed by atoms with van der Waals surface area (Å²) in [5, 5.41) is 11.8. The van der Waals surface area contributed by atoms with Crippen LogP contribution in [0.2, 0.25) is 0 Å². The van der Waals surface area contributed by atoms with E-state index in [-0.39, 0.29) is 18.1 Å². The lowest BCUT2D eigenvalue weighted by molar-refractivity contribution is 0.0909. The summed E-state index contributed by atoms with van der Waals surface area (Å²) in [5.41, 5.74) is 2.12. The summed E-state index contributed by atoms with van der Waals surface area (Å²) in [7, 11) is 0. The third-order valence-corrected chi connectivity index (χ3v) is 2.98. The van der Waals surface area contributed by atoms with E-state index in [4.69, 9.17) is 5.11 Å². The Hall–Kier alpha value is -1.79. The Morgan fingerprint density at radius 3 is 2.65 bits per heavy atom. The van der Waals surface area contributed by atoms with E-state index in [1.54, 1.807) is 6.07 Å². The SMILES string of the molecule is CCCC(C)(C)NC(=O)c1cc(C)cc(C#CCO)c1. The van der Waals surface area contributed by atoms with E-state index in [1.807, 2.05) is 32.9 Å². The molecule has 108 valence electrons. The van der Waals surface area contributed by atoms with Gasteiger partial charge in [0.2, 0.25) is 0 Å². The fraction of sp³-hybridized carbons (Fsp3) is 0.471. The van der Waals surface area contributed by atoms with E-state index in [0.29, 0.717) is 5.56 Å². The molecule has 0 saturated carbocycles. The highest BCUT2D eigenvalue weighted by Crippen LogP contribution is 2.14. The van der Waals surface area contributed by atoms with E-state index in [2.05, 4.69) is 24.1 Å². The van der Waals surface area contributed by atoms with Crippen molar-refractivity contribution < 1.29 is 9.90 Å². The van der Waals surface area contributed by atoms with Crippen molar-refractivity contribution in [1.82, 2.24) is 5.32 Å². The first-order chi connectivity index (χ1) is 9.38. The summed E-state index contributed by atoms with van der Waals surface area (Å²) in [4.78, 5) is 12.3. The lowest BCUT2D eigenvalue weighted by Gasteiger charge is -2.25. The smallest absolute Gasteiger partial charge is 0.251 e. The molecule has 3 nitrogen and oxygen atoms in total. The van der Waals surface area contributed by atoms with Gasteiger partial charge in [-0.1, -0.05) is 25.2 Å². The minimum Gasteiger partial charge on any atom is -0.384 e. The molecular weight excluding hydrogens is 250 g/mol. The van der Waals surface area contributed by atoms with Crippen molar-refractivity contribution in [1.29, 1.82) is 0 Å². The van der Waals surface area contributed by atoms with Crippen LogP contribution in [0.5, 0.6) is 0 Å². The zero-order valence-corrected chi connectivity index (χ0v) is 12.7. The fourth-order valence-corrected chi connectivity index (χ4v) is 2.19. The first-order valence-electron chi connectivity index (χ1n) is 6.92. The van der Waals surface area contributed by atoms with Gasteiger partial charge in [0.15, 0.2) is 0 Å². The third kappa shape index (κ3) is 5.07. The van der Waals surface area contributed by atoms with E-state index >= 15 is 0 Å². The second-order valence-electron chi connectivity index (χ2n) is 5.64. The number of amides is 1. The van der Waals surface area contributed by atoms with Crippen molar-refractivity contribution in [2.24, 2.45) is 0 Å². The molecule has 0 aliphatic rings. The van der Waals surface area contributed by atoms with Gasteiger partial charge >= 0.3 is 0 Å². The van der Waals surface area contributed by atoms with Crippen LogP contribution >= 0.6 is 0 Å². The van der Waals surface area contributed by atoms with E-state index in [0.717, 1.165) is 24.0 Å². The molecule has 0 spiro atoms. The minimum atomic E-state index is -0.216. The number of carbonyl (C=O) groups excluding carboxylic acids is 1. The molecule has 1 rings (SSSR count). The summed E-state index contributed by atoms with van der Waals surface area (Å²) in [6.45, 7) is 7.90. The summed E-state index contributed by atoms with van der Waals surface area (Å²) in [5.74, 6) is 5.35. The molecule has 1 amide bonds. The van der Waals surface area contributed by atoms with Crippen LogP contribution in [0.4, 0.5) is 0 Å². The van der Waals surface area contributed by atoms with Gasteiger partial charge in [0.1, 0.15) is 6.61 Å². The molecule has 0 saturated heterocycles. The first kappa shape index (κ1) is 16.3. The summed E-state index contributed by atoms with van der Waals surface area (Å²) in [6.07, 6.45) is 1.95. The predicted molar refractivity (Wildman–Crippen MR) is 81.6 cm³/mol. The second-order valence-corrected chi connectivity index (χ2v) is 5.64. The Labute approximate surface area is 121 Å². The largest absolute Gasteiger partial charge is 0.384 e. The minimum absolute atomic E-state index is 0.0841. The zero-order valence-electron chi connectivity index (χ0n) is 12.7. The highest BCUT2D eigenvalue weighted by Gasteiger charge is 2.20. The molecule has 0 heterocycles. The van der Waals surface area contributed by atoms with Crippen LogP contribution in [0, 0.1) is 18.8 Å². The van der Waals surface area contributed by atoms with Gasteiger partial charge in [-0.25, -0.2) is 0 Å². The van der Waals surface area contributed by atoms with Gasteiger partial charge in [0, 0.05) is 16.7 Å². The molecule has 0 bridgehead atoms. The van der Waals surface area contributed by atoms with Crippen LogP contribution in [-0.2, 0) is 0 Å². The number of carbonyl (C=O) groups is 1. The highest BCUT2D eigenvalue weighted by molar-refractivity contribution is 5.95.